The Balaban J connectivity index is 1.47. The van der Waals surface area contributed by atoms with Gasteiger partial charge in [-0.25, -0.2) is 13.8 Å². The molecule has 13 heteroatoms. The average molecular weight is 619 g/mol. The van der Waals surface area contributed by atoms with Crippen molar-refractivity contribution in [3.63, 3.8) is 0 Å². The summed E-state index contributed by atoms with van der Waals surface area (Å²) in [6.45, 7) is 0.612. The van der Waals surface area contributed by atoms with Crippen LogP contribution in [0.3, 0.4) is 0 Å². The van der Waals surface area contributed by atoms with Crippen molar-refractivity contribution < 1.29 is 38.0 Å². The maximum Gasteiger partial charge on any atom is 0.261 e. The van der Waals surface area contributed by atoms with Gasteiger partial charge in [0.25, 0.3) is 11.8 Å². The van der Waals surface area contributed by atoms with E-state index >= 15 is 4.39 Å². The molecule has 0 bridgehead atoms. The lowest BCUT2D eigenvalue weighted by molar-refractivity contribution is 0.102. The summed E-state index contributed by atoms with van der Waals surface area (Å²) in [5.74, 6) is -1.66. The molecular weight excluding hydrogens is 590 g/mol. The molecule has 3 N–H and O–H groups in total. The lowest BCUT2D eigenvalue weighted by atomic mass is 9.96. The van der Waals surface area contributed by atoms with Crippen molar-refractivity contribution in [1.29, 1.82) is 0 Å². The Morgan fingerprint density at radius 1 is 1.00 bits per heavy atom. The topological polar surface area (TPSA) is 145 Å². The van der Waals surface area contributed by atoms with Crippen molar-refractivity contribution in [3.05, 3.63) is 99.6 Å². The van der Waals surface area contributed by atoms with Gasteiger partial charge >= 0.3 is 0 Å². The normalized spacial score (nSPS) is 11.0. The van der Waals surface area contributed by atoms with Gasteiger partial charge in [-0.05, 0) is 42.3 Å². The van der Waals surface area contributed by atoms with E-state index in [1.807, 2.05) is 0 Å². The molecule has 3 heterocycles. The Morgan fingerprint density at radius 3 is 2.47 bits per heavy atom. The number of ether oxygens (including phenoxy) is 3. The van der Waals surface area contributed by atoms with Gasteiger partial charge in [-0.2, -0.15) is 0 Å². The van der Waals surface area contributed by atoms with Gasteiger partial charge in [0.1, 0.15) is 16.9 Å². The predicted octanol–water partition coefficient (Wildman–Crippen LogP) is 4.59. The SMILES string of the molecule is COc1cc2nccc(Oc3ccc(NC(=O)c4cn(CCO)c(CO)c(-c5ccc(F)cc5C)c4=O)cc3F)c2nc1OC. The number of pyridine rings is 3. The molecule has 0 unspecified atom stereocenters. The highest BCUT2D eigenvalue weighted by Gasteiger charge is 2.23. The monoisotopic (exact) mass is 618 g/mol. The number of aromatic nitrogens is 3. The molecule has 11 nitrogen and oxygen atoms in total. The van der Waals surface area contributed by atoms with Crippen molar-refractivity contribution in [1.82, 2.24) is 14.5 Å². The maximum absolute atomic E-state index is 15.2. The molecule has 0 saturated heterocycles. The van der Waals surface area contributed by atoms with Crippen molar-refractivity contribution in [2.75, 3.05) is 26.1 Å². The molecule has 232 valence electrons. The number of aliphatic hydroxyl groups is 2. The number of carbonyl (C=O) groups excluding carboxylic acids is 1. The first-order valence-corrected chi connectivity index (χ1v) is 13.6. The second-order valence-corrected chi connectivity index (χ2v) is 9.81. The molecule has 0 aliphatic carbocycles. The molecule has 0 radical (unpaired) electrons. The maximum atomic E-state index is 15.2. The number of nitrogens with one attached hydrogen (secondary N) is 1. The van der Waals surface area contributed by atoms with Crippen LogP contribution in [0, 0.1) is 18.6 Å². The third kappa shape index (κ3) is 6.16. The standard InChI is InChI=1S/C32H28F2N4O7/c1-17-12-18(33)4-6-20(17)28-24(16-40)38(10-11-39)15-21(30(28)41)31(42)36-19-5-7-25(22(34)13-19)45-26-8-9-35-23-14-27(43-2)32(44-3)37-29(23)26/h4-9,12-15,39-40H,10-11,16H2,1-3H3,(H,36,42). The third-order valence-electron chi connectivity index (χ3n) is 7.02. The van der Waals surface area contributed by atoms with Crippen molar-refractivity contribution >= 4 is 22.6 Å². The zero-order valence-corrected chi connectivity index (χ0v) is 24.4. The second-order valence-electron chi connectivity index (χ2n) is 9.81. The number of fused-ring (bicyclic) bond motifs is 1. The van der Waals surface area contributed by atoms with Gasteiger partial charge in [-0.15, -0.1) is 0 Å². The molecular formula is C32H28F2N4O7. The number of amides is 1. The Morgan fingerprint density at radius 2 is 1.80 bits per heavy atom. The smallest absolute Gasteiger partial charge is 0.261 e. The summed E-state index contributed by atoms with van der Waals surface area (Å²) < 4.78 is 46.8. The quantitative estimate of drug-likeness (QED) is 0.205. The zero-order chi connectivity index (χ0) is 32.2. The lowest BCUT2D eigenvalue weighted by Gasteiger charge is -2.19. The first-order chi connectivity index (χ1) is 21.7. The summed E-state index contributed by atoms with van der Waals surface area (Å²) in [5.41, 5.74) is 0.515. The van der Waals surface area contributed by atoms with E-state index in [0.29, 0.717) is 27.9 Å². The van der Waals surface area contributed by atoms with E-state index in [0.717, 1.165) is 12.1 Å². The van der Waals surface area contributed by atoms with E-state index in [4.69, 9.17) is 14.2 Å². The second kappa shape index (κ2) is 13.1. The van der Waals surface area contributed by atoms with Crippen LogP contribution in [0.25, 0.3) is 22.2 Å². The molecule has 5 rings (SSSR count). The van der Waals surface area contributed by atoms with Crippen LogP contribution in [0.5, 0.6) is 23.1 Å². The number of halogens is 2. The van der Waals surface area contributed by atoms with Gasteiger partial charge < -0.3 is 34.3 Å². The Labute approximate surface area is 255 Å². The number of carbonyl (C=O) groups is 1. The molecule has 0 spiro atoms. The van der Waals surface area contributed by atoms with E-state index in [-0.39, 0.29) is 53.0 Å². The number of aryl methyl sites for hydroxylation is 1. The zero-order valence-electron chi connectivity index (χ0n) is 24.4. The minimum absolute atomic E-state index is 0.0153. The van der Waals surface area contributed by atoms with Crippen molar-refractivity contribution in [2.45, 2.75) is 20.1 Å². The number of benzene rings is 2. The third-order valence-corrected chi connectivity index (χ3v) is 7.02. The number of hydrogen-bond donors (Lipinski definition) is 3. The van der Waals surface area contributed by atoms with Crippen LogP contribution in [0.1, 0.15) is 21.6 Å². The molecule has 0 aliphatic rings. The van der Waals surface area contributed by atoms with Gasteiger partial charge in [0.15, 0.2) is 23.1 Å². The summed E-state index contributed by atoms with van der Waals surface area (Å²) in [4.78, 5) is 35.6. The van der Waals surface area contributed by atoms with E-state index in [1.165, 1.54) is 61.5 Å². The number of nitrogens with zero attached hydrogens (tertiary/aromatic N) is 3. The van der Waals surface area contributed by atoms with Gasteiger partial charge in [0, 0.05) is 42.8 Å². The van der Waals surface area contributed by atoms with E-state index in [9.17, 15) is 24.2 Å². The van der Waals surface area contributed by atoms with Crippen LogP contribution in [-0.2, 0) is 13.2 Å². The van der Waals surface area contributed by atoms with Crippen LogP contribution >= 0.6 is 0 Å². The lowest BCUT2D eigenvalue weighted by Crippen LogP contribution is -2.28. The van der Waals surface area contributed by atoms with E-state index < -0.39 is 29.6 Å². The van der Waals surface area contributed by atoms with Crippen molar-refractivity contribution in [2.24, 2.45) is 0 Å². The number of methoxy groups -OCH3 is 2. The first-order valence-electron chi connectivity index (χ1n) is 13.6. The summed E-state index contributed by atoms with van der Waals surface area (Å²) in [6, 6.07) is 10.6. The molecule has 0 atom stereocenters. The Hall–Kier alpha value is -5.40. The van der Waals surface area contributed by atoms with Gasteiger partial charge in [0.05, 0.1) is 44.2 Å². The number of anilines is 1. The van der Waals surface area contributed by atoms with Crippen LogP contribution in [-0.4, -0.2) is 51.5 Å². The fraction of sp³-hybridized carbons (Fsp3) is 0.188. The molecule has 2 aromatic carbocycles. The van der Waals surface area contributed by atoms with Crippen molar-refractivity contribution in [3.8, 4) is 34.3 Å². The van der Waals surface area contributed by atoms with Gasteiger partial charge in [0.2, 0.25) is 5.43 Å². The number of hydrogen-bond acceptors (Lipinski definition) is 9. The number of aliphatic hydroxyl groups excluding tert-OH is 2. The Bertz CT molecular complexity index is 1980. The molecule has 5 aromatic rings. The fourth-order valence-corrected chi connectivity index (χ4v) is 4.89. The molecule has 1 amide bonds. The average Bonchev–Trinajstić information content (AvgIpc) is 3.02. The highest BCUT2D eigenvalue weighted by atomic mass is 19.1. The van der Waals surface area contributed by atoms with Crippen LogP contribution in [0.15, 0.2) is 65.7 Å². The Kier molecular flexibility index (Phi) is 9.02. The first kappa shape index (κ1) is 31.0. The molecule has 0 fully saturated rings. The summed E-state index contributed by atoms with van der Waals surface area (Å²) in [6.07, 6.45) is 2.67. The minimum Gasteiger partial charge on any atom is -0.491 e. The van der Waals surface area contributed by atoms with E-state index in [1.54, 1.807) is 13.0 Å². The molecule has 0 saturated carbocycles. The molecule has 45 heavy (non-hydrogen) atoms. The molecule has 3 aromatic heterocycles. The van der Waals surface area contributed by atoms with Gasteiger partial charge in [-0.3, -0.25) is 14.6 Å². The predicted molar refractivity (Wildman–Crippen MR) is 161 cm³/mol. The highest BCUT2D eigenvalue weighted by Crippen LogP contribution is 2.35. The molecule has 0 aliphatic heterocycles. The van der Waals surface area contributed by atoms with Crippen LogP contribution < -0.4 is 25.0 Å². The fourth-order valence-electron chi connectivity index (χ4n) is 4.89. The summed E-state index contributed by atoms with van der Waals surface area (Å²) in [7, 11) is 2.88. The largest absolute Gasteiger partial charge is 0.491 e. The summed E-state index contributed by atoms with van der Waals surface area (Å²) in [5, 5.41) is 22.2. The van der Waals surface area contributed by atoms with Gasteiger partial charge in [-0.1, -0.05) is 6.07 Å². The minimum atomic E-state index is -0.865. The summed E-state index contributed by atoms with van der Waals surface area (Å²) >= 11 is 0. The van der Waals surface area contributed by atoms with Crippen LogP contribution in [0.2, 0.25) is 0 Å². The highest BCUT2D eigenvalue weighted by molar-refractivity contribution is 6.05. The number of rotatable bonds is 10. The van der Waals surface area contributed by atoms with E-state index in [2.05, 4.69) is 15.3 Å². The van der Waals surface area contributed by atoms with Crippen LogP contribution in [0.4, 0.5) is 14.5 Å².